The first-order chi connectivity index (χ1) is 12.7. The molecule has 0 fully saturated rings. The summed E-state index contributed by atoms with van der Waals surface area (Å²) < 4.78 is 41.6. The van der Waals surface area contributed by atoms with E-state index in [1.165, 1.54) is 12.1 Å². The molecule has 1 amide bonds. The highest BCUT2D eigenvalue weighted by Gasteiger charge is 2.28. The Morgan fingerprint density at radius 2 is 2.00 bits per heavy atom. The maximum absolute atomic E-state index is 14.6. The second-order valence-corrected chi connectivity index (χ2v) is 7.42. The molecule has 6 heteroatoms. The smallest absolute Gasteiger partial charge is 0.270 e. The highest BCUT2D eigenvalue weighted by molar-refractivity contribution is 5.77. The lowest BCUT2D eigenvalue weighted by Crippen LogP contribution is -2.25. The summed E-state index contributed by atoms with van der Waals surface area (Å²) in [6.07, 6.45) is 6.23. The quantitative estimate of drug-likeness (QED) is 0.761. The fourth-order valence-corrected chi connectivity index (χ4v) is 3.66. The number of pyridine rings is 1. The van der Waals surface area contributed by atoms with E-state index in [1.54, 1.807) is 31.4 Å². The minimum atomic E-state index is -3.09. The molecule has 3 nitrogen and oxygen atoms in total. The van der Waals surface area contributed by atoms with Crippen molar-refractivity contribution >= 4 is 5.91 Å². The fraction of sp³-hybridized carbons (Fsp3) is 0.429. The van der Waals surface area contributed by atoms with Gasteiger partial charge >= 0.3 is 0 Å². The first-order valence-corrected chi connectivity index (χ1v) is 9.03. The molecule has 0 spiro atoms. The van der Waals surface area contributed by atoms with Gasteiger partial charge in [0.25, 0.3) is 5.92 Å². The Morgan fingerprint density at radius 3 is 2.63 bits per heavy atom. The van der Waals surface area contributed by atoms with Crippen LogP contribution in [0.3, 0.4) is 0 Å². The number of amides is 1. The van der Waals surface area contributed by atoms with Crippen molar-refractivity contribution in [2.75, 3.05) is 14.1 Å². The molecule has 0 saturated heterocycles. The predicted octanol–water partition coefficient (Wildman–Crippen LogP) is 4.90. The Labute approximate surface area is 157 Å². The number of hydrogen-bond donors (Lipinski definition) is 0. The van der Waals surface area contributed by atoms with Crippen molar-refractivity contribution in [3.63, 3.8) is 0 Å². The number of carbonyl (C=O) groups is 1. The topological polar surface area (TPSA) is 33.2 Å². The van der Waals surface area contributed by atoms with Gasteiger partial charge in [0.2, 0.25) is 5.91 Å². The number of aromatic nitrogens is 1. The predicted molar refractivity (Wildman–Crippen MR) is 98.2 cm³/mol. The van der Waals surface area contributed by atoms with E-state index in [9.17, 15) is 18.0 Å². The molecule has 1 aliphatic carbocycles. The molecule has 1 atom stereocenters. The van der Waals surface area contributed by atoms with Crippen LogP contribution < -0.4 is 0 Å². The Kier molecular flexibility index (Phi) is 5.27. The van der Waals surface area contributed by atoms with Gasteiger partial charge in [-0.25, -0.2) is 13.2 Å². The van der Waals surface area contributed by atoms with Gasteiger partial charge in [0, 0.05) is 56.5 Å². The van der Waals surface area contributed by atoms with Crippen molar-refractivity contribution in [3.05, 3.63) is 53.1 Å². The van der Waals surface area contributed by atoms with Crippen molar-refractivity contribution in [1.29, 1.82) is 0 Å². The summed E-state index contributed by atoms with van der Waals surface area (Å²) in [7, 11) is 3.45. The number of nitrogens with zero attached hydrogens (tertiary/aromatic N) is 2. The van der Waals surface area contributed by atoms with Crippen molar-refractivity contribution in [3.8, 4) is 11.1 Å². The Balaban J connectivity index is 2.01. The van der Waals surface area contributed by atoms with Gasteiger partial charge in [-0.05, 0) is 42.4 Å². The number of halogens is 3. The summed E-state index contributed by atoms with van der Waals surface area (Å²) >= 11 is 0. The molecule has 0 saturated carbocycles. The number of benzene rings is 1. The van der Waals surface area contributed by atoms with Crippen molar-refractivity contribution in [2.24, 2.45) is 0 Å². The summed E-state index contributed by atoms with van der Waals surface area (Å²) in [5.41, 5.74) is 2.46. The normalized spacial score (nSPS) is 16.7. The monoisotopic (exact) mass is 376 g/mol. The average molecular weight is 376 g/mol. The first-order valence-electron chi connectivity index (χ1n) is 9.03. The largest absolute Gasteiger partial charge is 0.349 e. The Morgan fingerprint density at radius 1 is 1.26 bits per heavy atom. The molecule has 1 unspecified atom stereocenters. The van der Waals surface area contributed by atoms with Crippen LogP contribution in [0, 0.1) is 5.82 Å². The molecule has 2 aromatic rings. The van der Waals surface area contributed by atoms with Crippen LogP contribution in [0.25, 0.3) is 11.1 Å². The van der Waals surface area contributed by atoms with Crippen LogP contribution in [-0.2, 0) is 17.1 Å². The molecule has 0 radical (unpaired) electrons. The van der Waals surface area contributed by atoms with E-state index in [0.717, 1.165) is 43.4 Å². The molecular weight excluding hydrogens is 353 g/mol. The van der Waals surface area contributed by atoms with E-state index in [1.807, 2.05) is 0 Å². The molecule has 144 valence electrons. The number of alkyl halides is 2. The van der Waals surface area contributed by atoms with E-state index < -0.39 is 11.7 Å². The van der Waals surface area contributed by atoms with E-state index in [2.05, 4.69) is 4.98 Å². The summed E-state index contributed by atoms with van der Waals surface area (Å²) in [5, 5.41) is 0. The minimum absolute atomic E-state index is 0.0402. The summed E-state index contributed by atoms with van der Waals surface area (Å²) in [5.74, 6) is -3.70. The van der Waals surface area contributed by atoms with Gasteiger partial charge in [0.15, 0.2) is 0 Å². The van der Waals surface area contributed by atoms with Gasteiger partial charge < -0.3 is 4.90 Å². The fourth-order valence-electron chi connectivity index (χ4n) is 3.66. The third-order valence-corrected chi connectivity index (χ3v) is 5.20. The minimum Gasteiger partial charge on any atom is -0.349 e. The van der Waals surface area contributed by atoms with Gasteiger partial charge in [-0.2, -0.15) is 0 Å². The van der Waals surface area contributed by atoms with Crippen molar-refractivity contribution < 1.29 is 18.0 Å². The first kappa shape index (κ1) is 19.4. The average Bonchev–Trinajstić information content (AvgIpc) is 2.60. The third kappa shape index (κ3) is 3.99. The van der Waals surface area contributed by atoms with Crippen LogP contribution in [0.1, 0.15) is 48.8 Å². The lowest BCUT2D eigenvalue weighted by molar-refractivity contribution is -0.129. The van der Waals surface area contributed by atoms with E-state index in [4.69, 9.17) is 0 Å². The zero-order valence-electron chi connectivity index (χ0n) is 15.7. The summed E-state index contributed by atoms with van der Waals surface area (Å²) in [6.45, 7) is 0.750. The summed E-state index contributed by atoms with van der Waals surface area (Å²) in [6, 6.07) is 3.55. The van der Waals surface area contributed by atoms with Gasteiger partial charge in [-0.15, -0.1) is 0 Å². The van der Waals surface area contributed by atoms with E-state index in [0.29, 0.717) is 12.0 Å². The van der Waals surface area contributed by atoms with Crippen LogP contribution in [-0.4, -0.2) is 29.9 Å². The second-order valence-electron chi connectivity index (χ2n) is 7.42. The number of carbonyl (C=O) groups excluding carboxylic acids is 1. The molecule has 3 rings (SSSR count). The molecule has 0 bridgehead atoms. The third-order valence-electron chi connectivity index (χ3n) is 5.20. The SMILES string of the molecule is CN(C)C(=O)CC1CCCc2c(-c3ccc(C(C)(F)F)cc3F)cncc21. The molecular formula is C21H23F3N2O. The van der Waals surface area contributed by atoms with E-state index >= 15 is 0 Å². The molecule has 0 N–H and O–H groups in total. The lowest BCUT2D eigenvalue weighted by Gasteiger charge is -2.27. The van der Waals surface area contributed by atoms with Crippen molar-refractivity contribution in [1.82, 2.24) is 9.88 Å². The van der Waals surface area contributed by atoms with Crippen molar-refractivity contribution in [2.45, 2.75) is 44.4 Å². The van der Waals surface area contributed by atoms with Gasteiger partial charge in [-0.3, -0.25) is 9.78 Å². The van der Waals surface area contributed by atoms with Crippen LogP contribution >= 0.6 is 0 Å². The highest BCUT2D eigenvalue weighted by atomic mass is 19.3. The molecule has 1 aromatic carbocycles. The number of hydrogen-bond acceptors (Lipinski definition) is 2. The van der Waals surface area contributed by atoms with E-state index in [-0.39, 0.29) is 23.0 Å². The van der Waals surface area contributed by atoms with Crippen LogP contribution in [0.4, 0.5) is 13.2 Å². The second kappa shape index (κ2) is 7.33. The zero-order valence-corrected chi connectivity index (χ0v) is 15.7. The molecule has 1 aromatic heterocycles. The summed E-state index contributed by atoms with van der Waals surface area (Å²) in [4.78, 5) is 17.9. The maximum atomic E-state index is 14.6. The standard InChI is InChI=1S/C21H23F3N2O/c1-21(23,24)14-7-8-16(19(22)10-14)18-12-25-11-17-13(5-4-6-15(17)18)9-20(27)26(2)3/h7-8,10-13H,4-6,9H2,1-3H3. The van der Waals surface area contributed by atoms with Crippen LogP contribution in [0.5, 0.6) is 0 Å². The number of rotatable bonds is 4. The van der Waals surface area contributed by atoms with Gasteiger partial charge in [0.1, 0.15) is 5.82 Å². The van der Waals surface area contributed by atoms with Gasteiger partial charge in [-0.1, -0.05) is 12.1 Å². The number of fused-ring (bicyclic) bond motifs is 1. The molecule has 27 heavy (non-hydrogen) atoms. The lowest BCUT2D eigenvalue weighted by atomic mass is 9.79. The zero-order chi connectivity index (χ0) is 19.8. The Bertz CT molecular complexity index is 859. The van der Waals surface area contributed by atoms with Crippen LogP contribution in [0.15, 0.2) is 30.6 Å². The van der Waals surface area contributed by atoms with Gasteiger partial charge in [0.05, 0.1) is 0 Å². The Hall–Kier alpha value is -2.37. The molecule has 1 heterocycles. The molecule has 0 aliphatic heterocycles. The van der Waals surface area contributed by atoms with Crippen LogP contribution in [0.2, 0.25) is 0 Å². The highest BCUT2D eigenvalue weighted by Crippen LogP contribution is 2.40. The maximum Gasteiger partial charge on any atom is 0.270 e. The molecule has 1 aliphatic rings.